The number of aryl methyl sites for hydroxylation is 1. The van der Waals surface area contributed by atoms with E-state index in [1.165, 1.54) is 29.2 Å². The van der Waals surface area contributed by atoms with Crippen molar-refractivity contribution in [1.29, 1.82) is 0 Å². The summed E-state index contributed by atoms with van der Waals surface area (Å²) in [5.41, 5.74) is 0.0570. The molecule has 12 heteroatoms. The smallest absolute Gasteiger partial charge is 0.352 e. The maximum Gasteiger partial charge on any atom is 0.416 e. The Morgan fingerprint density at radius 2 is 1.62 bits per heavy atom. The van der Waals surface area contributed by atoms with Gasteiger partial charge >= 0.3 is 6.18 Å². The first-order valence-corrected chi connectivity index (χ1v) is 16.7. The van der Waals surface area contributed by atoms with Crippen molar-refractivity contribution >= 4 is 39.1 Å². The zero-order chi connectivity index (χ0) is 32.8. The molecule has 2 amide bonds. The molecule has 4 rings (SSSR count). The first kappa shape index (κ1) is 34.3. The first-order valence-electron chi connectivity index (χ1n) is 14.9. The fraction of sp³-hybridized carbons (Fsp3) is 0.394. The molecule has 242 valence electrons. The lowest BCUT2D eigenvalue weighted by Gasteiger charge is -2.34. The number of halogens is 4. The largest absolute Gasteiger partial charge is 0.416 e. The second-order valence-corrected chi connectivity index (χ2v) is 13.5. The van der Waals surface area contributed by atoms with Crippen molar-refractivity contribution in [2.24, 2.45) is 0 Å². The summed E-state index contributed by atoms with van der Waals surface area (Å²) in [6.45, 7) is 2.75. The van der Waals surface area contributed by atoms with Gasteiger partial charge in [0.05, 0.1) is 21.2 Å². The lowest BCUT2D eigenvalue weighted by molar-refractivity contribution is -0.140. The molecule has 0 bridgehead atoms. The molecule has 45 heavy (non-hydrogen) atoms. The maximum atomic E-state index is 14.2. The minimum atomic E-state index is -4.80. The van der Waals surface area contributed by atoms with E-state index in [1.807, 2.05) is 31.2 Å². The minimum absolute atomic E-state index is 0.0226. The van der Waals surface area contributed by atoms with Gasteiger partial charge in [-0.05, 0) is 62.1 Å². The van der Waals surface area contributed by atoms with Crippen molar-refractivity contribution in [1.82, 2.24) is 10.2 Å². The van der Waals surface area contributed by atoms with Gasteiger partial charge in [-0.15, -0.1) is 0 Å². The predicted octanol–water partition coefficient (Wildman–Crippen LogP) is 7.12. The molecule has 0 spiro atoms. The molecule has 1 atom stereocenters. The summed E-state index contributed by atoms with van der Waals surface area (Å²) in [6.07, 6.45) is 0.136. The van der Waals surface area contributed by atoms with Crippen molar-refractivity contribution in [3.05, 3.63) is 94.5 Å². The molecular weight excluding hydrogens is 627 g/mol. The standard InChI is InChI=1S/C33H37ClF3N3O4S/c1-3-29(32(42)38-26-10-6-4-7-11-26)39(21-24-16-14-23(2)15-17-24)31(41)22-40(45(43,44)27-12-8-5-9-13-27)30-20-25(33(35,36)37)18-19-28(30)34/h5,8-9,12-20,26,29H,3-4,6-7,10-11,21-22H2,1-2H3,(H,38,42). The Morgan fingerprint density at radius 3 is 2.22 bits per heavy atom. The Hall–Kier alpha value is -3.57. The van der Waals surface area contributed by atoms with E-state index in [0.717, 1.165) is 49.8 Å². The van der Waals surface area contributed by atoms with Crippen LogP contribution in [-0.2, 0) is 32.3 Å². The van der Waals surface area contributed by atoms with Gasteiger partial charge in [0.2, 0.25) is 11.8 Å². The highest BCUT2D eigenvalue weighted by molar-refractivity contribution is 7.92. The fourth-order valence-electron chi connectivity index (χ4n) is 5.47. The summed E-state index contributed by atoms with van der Waals surface area (Å²) < 4.78 is 69.8. The van der Waals surface area contributed by atoms with Crippen LogP contribution < -0.4 is 9.62 Å². The number of hydrogen-bond donors (Lipinski definition) is 1. The second-order valence-electron chi connectivity index (χ2n) is 11.3. The third-order valence-electron chi connectivity index (χ3n) is 7.96. The van der Waals surface area contributed by atoms with Crippen molar-refractivity contribution in [2.75, 3.05) is 10.8 Å². The molecule has 1 N–H and O–H groups in total. The summed E-state index contributed by atoms with van der Waals surface area (Å²) in [5.74, 6) is -1.13. The first-order chi connectivity index (χ1) is 21.3. The van der Waals surface area contributed by atoms with E-state index in [9.17, 15) is 31.2 Å². The van der Waals surface area contributed by atoms with E-state index in [0.29, 0.717) is 15.9 Å². The van der Waals surface area contributed by atoms with Gasteiger partial charge in [0.1, 0.15) is 12.6 Å². The van der Waals surface area contributed by atoms with Crippen LogP contribution in [-0.4, -0.2) is 43.8 Å². The highest BCUT2D eigenvalue weighted by Gasteiger charge is 2.37. The van der Waals surface area contributed by atoms with Gasteiger partial charge in [-0.25, -0.2) is 8.42 Å². The van der Waals surface area contributed by atoms with Crippen LogP contribution in [0.15, 0.2) is 77.7 Å². The molecule has 0 aliphatic heterocycles. The van der Waals surface area contributed by atoms with Gasteiger partial charge in [-0.3, -0.25) is 13.9 Å². The molecule has 3 aromatic rings. The van der Waals surface area contributed by atoms with Crippen LogP contribution in [0, 0.1) is 6.92 Å². The van der Waals surface area contributed by atoms with E-state index >= 15 is 0 Å². The topological polar surface area (TPSA) is 86.8 Å². The molecule has 7 nitrogen and oxygen atoms in total. The number of benzene rings is 3. The zero-order valence-electron chi connectivity index (χ0n) is 25.2. The molecule has 1 aliphatic carbocycles. The molecule has 1 saturated carbocycles. The van der Waals surface area contributed by atoms with Gasteiger partial charge in [-0.2, -0.15) is 13.2 Å². The molecule has 1 aliphatic rings. The van der Waals surface area contributed by atoms with E-state index in [2.05, 4.69) is 5.32 Å². The normalized spacial score (nSPS) is 14.9. The Morgan fingerprint density at radius 1 is 0.978 bits per heavy atom. The van der Waals surface area contributed by atoms with Gasteiger partial charge in [0, 0.05) is 12.6 Å². The van der Waals surface area contributed by atoms with Crippen LogP contribution in [0.5, 0.6) is 0 Å². The molecule has 0 saturated heterocycles. The van der Waals surface area contributed by atoms with Crippen LogP contribution in [0.25, 0.3) is 0 Å². The monoisotopic (exact) mass is 663 g/mol. The number of anilines is 1. The second kappa shape index (κ2) is 14.7. The number of amides is 2. The van der Waals surface area contributed by atoms with Crippen LogP contribution >= 0.6 is 11.6 Å². The molecule has 1 unspecified atom stereocenters. The summed E-state index contributed by atoms with van der Waals surface area (Å²) >= 11 is 6.33. The van der Waals surface area contributed by atoms with Crippen LogP contribution in [0.4, 0.5) is 18.9 Å². The van der Waals surface area contributed by atoms with Crippen molar-refractivity contribution in [3.8, 4) is 0 Å². The number of sulfonamides is 1. The maximum absolute atomic E-state index is 14.2. The van der Waals surface area contributed by atoms with E-state index < -0.39 is 45.9 Å². The highest BCUT2D eigenvalue weighted by atomic mass is 35.5. The van der Waals surface area contributed by atoms with Gasteiger partial charge in [0.15, 0.2) is 0 Å². The summed E-state index contributed by atoms with van der Waals surface area (Å²) in [6, 6.07) is 15.7. The van der Waals surface area contributed by atoms with Crippen molar-refractivity contribution in [2.45, 2.75) is 82.1 Å². The number of nitrogens with one attached hydrogen (secondary N) is 1. The van der Waals surface area contributed by atoms with Crippen LogP contribution in [0.2, 0.25) is 5.02 Å². The van der Waals surface area contributed by atoms with Gasteiger partial charge in [0.25, 0.3) is 10.0 Å². The highest BCUT2D eigenvalue weighted by Crippen LogP contribution is 2.37. The molecule has 0 heterocycles. The molecule has 3 aromatic carbocycles. The molecule has 0 aromatic heterocycles. The third kappa shape index (κ3) is 8.58. The SMILES string of the molecule is CCC(C(=O)NC1CCCCC1)N(Cc1ccc(C)cc1)C(=O)CN(c1cc(C(F)(F)F)ccc1Cl)S(=O)(=O)c1ccccc1. The van der Waals surface area contributed by atoms with Crippen molar-refractivity contribution < 1.29 is 31.2 Å². The Bertz CT molecular complexity index is 1580. The number of rotatable bonds is 11. The van der Waals surface area contributed by atoms with Crippen LogP contribution in [0.1, 0.15) is 62.1 Å². The summed E-state index contributed by atoms with van der Waals surface area (Å²) in [4.78, 5) is 28.9. The Labute approximate surface area is 267 Å². The van der Waals surface area contributed by atoms with Gasteiger partial charge in [-0.1, -0.05) is 85.8 Å². The lowest BCUT2D eigenvalue weighted by Crippen LogP contribution is -2.54. The van der Waals surface area contributed by atoms with E-state index in [-0.39, 0.29) is 34.8 Å². The quantitative estimate of drug-likeness (QED) is 0.237. The average molecular weight is 664 g/mol. The van der Waals surface area contributed by atoms with Crippen LogP contribution in [0.3, 0.4) is 0 Å². The Kier molecular flexibility index (Phi) is 11.2. The van der Waals surface area contributed by atoms with Crippen molar-refractivity contribution in [3.63, 3.8) is 0 Å². The summed E-state index contributed by atoms with van der Waals surface area (Å²) in [7, 11) is -4.59. The number of hydrogen-bond acceptors (Lipinski definition) is 4. The predicted molar refractivity (Wildman–Crippen MR) is 168 cm³/mol. The van der Waals surface area contributed by atoms with Gasteiger partial charge < -0.3 is 10.2 Å². The number of carbonyl (C=O) groups excluding carboxylic acids is 2. The van der Waals surface area contributed by atoms with E-state index in [4.69, 9.17) is 11.6 Å². The molecule has 1 fully saturated rings. The minimum Gasteiger partial charge on any atom is -0.352 e. The molecular formula is C33H37ClF3N3O4S. The third-order valence-corrected chi connectivity index (χ3v) is 10.1. The number of nitrogens with zero attached hydrogens (tertiary/aromatic N) is 2. The Balaban J connectivity index is 1.77. The number of carbonyl (C=O) groups is 2. The lowest BCUT2D eigenvalue weighted by atomic mass is 9.95. The average Bonchev–Trinajstić information content (AvgIpc) is 3.01. The van der Waals surface area contributed by atoms with E-state index in [1.54, 1.807) is 13.0 Å². The zero-order valence-corrected chi connectivity index (χ0v) is 26.8. The fourth-order valence-corrected chi connectivity index (χ4v) is 7.18. The number of alkyl halides is 3. The molecule has 0 radical (unpaired) electrons. The summed E-state index contributed by atoms with van der Waals surface area (Å²) in [5, 5.41) is 2.77.